The molecule has 0 aliphatic carbocycles. The highest BCUT2D eigenvalue weighted by atomic mass is 16.2. The molecule has 128 valence electrons. The van der Waals surface area contributed by atoms with Crippen LogP contribution in [0.25, 0.3) is 5.65 Å². The summed E-state index contributed by atoms with van der Waals surface area (Å²) in [6, 6.07) is 7.50. The molecule has 0 N–H and O–H groups in total. The highest BCUT2D eigenvalue weighted by molar-refractivity contribution is 5.93. The zero-order chi connectivity index (χ0) is 17.4. The molecular formula is C17H19N7O. The molecule has 1 fully saturated rings. The second kappa shape index (κ2) is 6.12. The fourth-order valence-electron chi connectivity index (χ4n) is 3.13. The standard InChI is InChI=1S/C17H19N7O/c1-12-10-14(24-16(19-12)11-13(2)21-24)17(25)23-8-6-22(7-9-23)15-4-3-5-18-20-15/h3-5,10-11H,6-9H2,1-2H3. The average molecular weight is 337 g/mol. The van der Waals surface area contributed by atoms with Crippen LogP contribution in [0.2, 0.25) is 0 Å². The number of carbonyl (C=O) groups excluding carboxylic acids is 1. The molecule has 8 nitrogen and oxygen atoms in total. The van der Waals surface area contributed by atoms with Crippen LogP contribution in [0.4, 0.5) is 5.82 Å². The summed E-state index contributed by atoms with van der Waals surface area (Å²) in [4.78, 5) is 21.5. The Kier molecular flexibility index (Phi) is 3.79. The minimum absolute atomic E-state index is 0.0163. The van der Waals surface area contributed by atoms with Gasteiger partial charge in [0.15, 0.2) is 11.5 Å². The maximum atomic E-state index is 13.0. The number of hydrogen-bond acceptors (Lipinski definition) is 6. The van der Waals surface area contributed by atoms with Crippen molar-refractivity contribution >= 4 is 17.4 Å². The van der Waals surface area contributed by atoms with Gasteiger partial charge in [-0.3, -0.25) is 4.79 Å². The van der Waals surface area contributed by atoms with Crippen molar-refractivity contribution in [1.29, 1.82) is 0 Å². The molecule has 0 bridgehead atoms. The smallest absolute Gasteiger partial charge is 0.272 e. The van der Waals surface area contributed by atoms with Crippen LogP contribution < -0.4 is 4.90 Å². The van der Waals surface area contributed by atoms with Crippen LogP contribution >= 0.6 is 0 Å². The van der Waals surface area contributed by atoms with Gasteiger partial charge in [-0.2, -0.15) is 10.2 Å². The number of nitrogens with zero attached hydrogens (tertiary/aromatic N) is 7. The number of anilines is 1. The van der Waals surface area contributed by atoms with E-state index in [9.17, 15) is 4.79 Å². The van der Waals surface area contributed by atoms with Gasteiger partial charge in [0.25, 0.3) is 5.91 Å². The van der Waals surface area contributed by atoms with E-state index in [0.29, 0.717) is 24.4 Å². The summed E-state index contributed by atoms with van der Waals surface area (Å²) in [5.41, 5.74) is 2.93. The lowest BCUT2D eigenvalue weighted by molar-refractivity contribution is 0.0737. The Labute approximate surface area is 145 Å². The van der Waals surface area contributed by atoms with Gasteiger partial charge < -0.3 is 9.80 Å². The average Bonchev–Trinajstić information content (AvgIpc) is 3.01. The summed E-state index contributed by atoms with van der Waals surface area (Å²) in [6.45, 7) is 6.53. The molecule has 0 aromatic carbocycles. The van der Waals surface area contributed by atoms with E-state index in [4.69, 9.17) is 0 Å². The van der Waals surface area contributed by atoms with Crippen LogP contribution in [0.5, 0.6) is 0 Å². The summed E-state index contributed by atoms with van der Waals surface area (Å²) in [5.74, 6) is 0.830. The highest BCUT2D eigenvalue weighted by Crippen LogP contribution is 2.16. The minimum Gasteiger partial charge on any atom is -0.352 e. The highest BCUT2D eigenvalue weighted by Gasteiger charge is 2.25. The Hall–Kier alpha value is -3.03. The molecule has 0 spiro atoms. The number of rotatable bonds is 2. The first-order valence-electron chi connectivity index (χ1n) is 8.28. The summed E-state index contributed by atoms with van der Waals surface area (Å²) < 4.78 is 1.64. The second-order valence-electron chi connectivity index (χ2n) is 6.20. The predicted octanol–water partition coefficient (Wildman–Crippen LogP) is 1.10. The summed E-state index contributed by atoms with van der Waals surface area (Å²) in [6.07, 6.45) is 1.66. The molecule has 25 heavy (non-hydrogen) atoms. The molecule has 4 heterocycles. The molecule has 4 rings (SSSR count). The number of amides is 1. The summed E-state index contributed by atoms with van der Waals surface area (Å²) in [5, 5.41) is 12.5. The molecule has 0 atom stereocenters. The molecule has 0 radical (unpaired) electrons. The van der Waals surface area contributed by atoms with Crippen molar-refractivity contribution < 1.29 is 4.79 Å². The molecule has 1 saturated heterocycles. The molecular weight excluding hydrogens is 318 g/mol. The first kappa shape index (κ1) is 15.5. The van der Waals surface area contributed by atoms with Crippen LogP contribution in [0, 0.1) is 13.8 Å². The molecule has 1 amide bonds. The van der Waals surface area contributed by atoms with E-state index in [0.717, 1.165) is 30.3 Å². The quantitative estimate of drug-likeness (QED) is 0.697. The molecule has 0 unspecified atom stereocenters. The van der Waals surface area contributed by atoms with Gasteiger partial charge in [-0.15, -0.1) is 5.10 Å². The Morgan fingerprint density at radius 1 is 1.08 bits per heavy atom. The van der Waals surface area contributed by atoms with E-state index >= 15 is 0 Å². The first-order chi connectivity index (χ1) is 12.1. The Morgan fingerprint density at radius 3 is 2.60 bits per heavy atom. The second-order valence-corrected chi connectivity index (χ2v) is 6.20. The lowest BCUT2D eigenvalue weighted by Crippen LogP contribution is -2.49. The normalized spacial score (nSPS) is 15.0. The third kappa shape index (κ3) is 2.90. The lowest BCUT2D eigenvalue weighted by Gasteiger charge is -2.35. The van der Waals surface area contributed by atoms with E-state index in [1.807, 2.05) is 36.9 Å². The summed E-state index contributed by atoms with van der Waals surface area (Å²) in [7, 11) is 0. The van der Waals surface area contributed by atoms with Gasteiger partial charge in [-0.25, -0.2) is 9.50 Å². The number of carbonyl (C=O) groups is 1. The van der Waals surface area contributed by atoms with E-state index < -0.39 is 0 Å². The number of aromatic nitrogens is 5. The van der Waals surface area contributed by atoms with Gasteiger partial charge in [0, 0.05) is 44.1 Å². The van der Waals surface area contributed by atoms with Crippen molar-refractivity contribution in [1.82, 2.24) is 29.7 Å². The Bertz CT molecular complexity index is 913. The van der Waals surface area contributed by atoms with E-state index in [1.54, 1.807) is 16.8 Å². The van der Waals surface area contributed by atoms with E-state index in [2.05, 4.69) is 25.2 Å². The van der Waals surface area contributed by atoms with Crippen molar-refractivity contribution in [3.05, 3.63) is 47.5 Å². The summed E-state index contributed by atoms with van der Waals surface area (Å²) >= 11 is 0. The zero-order valence-electron chi connectivity index (χ0n) is 14.3. The van der Waals surface area contributed by atoms with Gasteiger partial charge in [0.1, 0.15) is 5.69 Å². The fraction of sp³-hybridized carbons (Fsp3) is 0.353. The number of aryl methyl sites for hydroxylation is 2. The van der Waals surface area contributed by atoms with Crippen LogP contribution in [0.3, 0.4) is 0 Å². The maximum Gasteiger partial charge on any atom is 0.272 e. The van der Waals surface area contributed by atoms with E-state index in [1.165, 1.54) is 0 Å². The van der Waals surface area contributed by atoms with Crippen molar-refractivity contribution in [2.24, 2.45) is 0 Å². The third-order valence-corrected chi connectivity index (χ3v) is 4.35. The van der Waals surface area contributed by atoms with Gasteiger partial charge in [0.2, 0.25) is 0 Å². The Balaban J connectivity index is 1.55. The number of fused-ring (bicyclic) bond motifs is 1. The third-order valence-electron chi connectivity index (χ3n) is 4.35. The predicted molar refractivity (Wildman–Crippen MR) is 92.6 cm³/mol. The van der Waals surface area contributed by atoms with Gasteiger partial charge in [-0.05, 0) is 32.0 Å². The van der Waals surface area contributed by atoms with Gasteiger partial charge >= 0.3 is 0 Å². The monoisotopic (exact) mass is 337 g/mol. The number of piperazine rings is 1. The Morgan fingerprint density at radius 2 is 1.88 bits per heavy atom. The largest absolute Gasteiger partial charge is 0.352 e. The maximum absolute atomic E-state index is 13.0. The molecule has 3 aromatic heterocycles. The topological polar surface area (TPSA) is 79.5 Å². The van der Waals surface area contributed by atoms with E-state index in [-0.39, 0.29) is 5.91 Å². The van der Waals surface area contributed by atoms with Crippen LogP contribution in [0.15, 0.2) is 30.5 Å². The number of hydrogen-bond donors (Lipinski definition) is 0. The van der Waals surface area contributed by atoms with Crippen LogP contribution in [0.1, 0.15) is 21.9 Å². The minimum atomic E-state index is -0.0163. The van der Waals surface area contributed by atoms with Crippen molar-refractivity contribution in [2.75, 3.05) is 31.1 Å². The molecule has 8 heteroatoms. The van der Waals surface area contributed by atoms with Crippen molar-refractivity contribution in [3.8, 4) is 0 Å². The first-order valence-corrected chi connectivity index (χ1v) is 8.28. The molecule has 3 aromatic rings. The van der Waals surface area contributed by atoms with Gasteiger partial charge in [-0.1, -0.05) is 0 Å². The molecule has 1 aliphatic heterocycles. The lowest BCUT2D eigenvalue weighted by atomic mass is 10.2. The fourth-order valence-corrected chi connectivity index (χ4v) is 3.13. The van der Waals surface area contributed by atoms with Crippen molar-refractivity contribution in [3.63, 3.8) is 0 Å². The SMILES string of the molecule is Cc1cc(C(=O)N2CCN(c3cccnn3)CC2)n2nc(C)cc2n1. The zero-order valence-corrected chi connectivity index (χ0v) is 14.3. The molecule has 0 saturated carbocycles. The van der Waals surface area contributed by atoms with Crippen LogP contribution in [-0.4, -0.2) is 61.8 Å². The van der Waals surface area contributed by atoms with Crippen LogP contribution in [-0.2, 0) is 0 Å². The van der Waals surface area contributed by atoms with Crippen molar-refractivity contribution in [2.45, 2.75) is 13.8 Å². The molecule has 1 aliphatic rings. The van der Waals surface area contributed by atoms with Gasteiger partial charge in [0.05, 0.1) is 5.69 Å².